The van der Waals surface area contributed by atoms with Gasteiger partial charge in [-0.15, -0.1) is 0 Å². The van der Waals surface area contributed by atoms with E-state index in [1.165, 1.54) is 23.5 Å². The first kappa shape index (κ1) is 20.3. The smallest absolute Gasteiger partial charge is 0.243 e. The highest BCUT2D eigenvalue weighted by molar-refractivity contribution is 7.89. The predicted molar refractivity (Wildman–Crippen MR) is 110 cm³/mol. The number of halogens is 1. The number of methoxy groups -OCH3 is 1. The lowest BCUT2D eigenvalue weighted by Crippen LogP contribution is -2.49. The van der Waals surface area contributed by atoms with Crippen molar-refractivity contribution in [3.05, 3.63) is 60.4 Å². The van der Waals surface area contributed by atoms with Gasteiger partial charge in [-0.25, -0.2) is 22.8 Å². The van der Waals surface area contributed by atoms with E-state index in [-0.39, 0.29) is 23.7 Å². The highest BCUT2D eigenvalue weighted by atomic mass is 32.2. The molecule has 3 heterocycles. The van der Waals surface area contributed by atoms with Crippen LogP contribution in [-0.4, -0.2) is 60.5 Å². The van der Waals surface area contributed by atoms with Crippen LogP contribution in [0.5, 0.6) is 5.75 Å². The fourth-order valence-corrected chi connectivity index (χ4v) is 4.87. The molecule has 0 bridgehead atoms. The van der Waals surface area contributed by atoms with E-state index in [0.29, 0.717) is 18.9 Å². The molecule has 1 aromatic carbocycles. The van der Waals surface area contributed by atoms with Crippen LogP contribution in [0, 0.1) is 12.7 Å². The van der Waals surface area contributed by atoms with Gasteiger partial charge in [-0.2, -0.15) is 4.31 Å². The van der Waals surface area contributed by atoms with Crippen molar-refractivity contribution in [2.24, 2.45) is 0 Å². The number of aryl methyl sites for hydroxylation is 1. The van der Waals surface area contributed by atoms with Crippen LogP contribution in [0.4, 0.5) is 10.2 Å². The van der Waals surface area contributed by atoms with E-state index in [0.717, 1.165) is 17.7 Å². The Bertz CT molecular complexity index is 1140. The zero-order chi connectivity index (χ0) is 21.3. The third kappa shape index (κ3) is 3.88. The average molecular weight is 431 g/mol. The van der Waals surface area contributed by atoms with E-state index in [1.807, 2.05) is 47.0 Å². The summed E-state index contributed by atoms with van der Waals surface area (Å²) in [5, 5.41) is 0. The minimum Gasteiger partial charge on any atom is -0.494 e. The van der Waals surface area contributed by atoms with Crippen molar-refractivity contribution in [2.45, 2.75) is 11.8 Å². The second-order valence-electron chi connectivity index (χ2n) is 6.91. The first-order chi connectivity index (χ1) is 14.4. The van der Waals surface area contributed by atoms with Crippen LogP contribution in [0.25, 0.3) is 5.82 Å². The molecular formula is C20H22FN5O3S. The third-order valence-corrected chi connectivity index (χ3v) is 6.90. The molecule has 0 N–H and O–H groups in total. The number of anilines is 1. The maximum atomic E-state index is 14.0. The number of piperazine rings is 1. The minimum atomic E-state index is -3.79. The molecule has 0 radical (unpaired) electrons. The SMILES string of the molecule is COc1ccc(S(=O)(=O)N2CCN(c3cc(-n4cccc4)nc(C)n3)CC2)cc1F. The number of hydrogen-bond acceptors (Lipinski definition) is 6. The number of ether oxygens (including phenoxy) is 1. The molecule has 4 rings (SSSR count). The molecule has 0 unspecified atom stereocenters. The molecule has 10 heteroatoms. The summed E-state index contributed by atoms with van der Waals surface area (Å²) in [6.07, 6.45) is 3.81. The van der Waals surface area contributed by atoms with Gasteiger partial charge in [0.2, 0.25) is 10.0 Å². The topological polar surface area (TPSA) is 80.6 Å². The molecule has 0 aliphatic carbocycles. The molecule has 0 spiro atoms. The minimum absolute atomic E-state index is 0.0106. The van der Waals surface area contributed by atoms with Crippen molar-refractivity contribution < 1.29 is 17.5 Å². The highest BCUT2D eigenvalue weighted by Crippen LogP contribution is 2.25. The zero-order valence-electron chi connectivity index (χ0n) is 16.7. The van der Waals surface area contributed by atoms with Crippen molar-refractivity contribution >= 4 is 15.8 Å². The van der Waals surface area contributed by atoms with Gasteiger partial charge in [0.1, 0.15) is 17.5 Å². The van der Waals surface area contributed by atoms with E-state index < -0.39 is 15.8 Å². The first-order valence-electron chi connectivity index (χ1n) is 9.46. The summed E-state index contributed by atoms with van der Waals surface area (Å²) in [7, 11) is -2.46. The number of rotatable bonds is 5. The molecule has 0 atom stereocenters. The standard InChI is InChI=1S/C20H22FN5O3S/c1-15-22-19(24-7-3-4-8-24)14-20(23-15)25-9-11-26(12-10-25)30(27,28)16-5-6-18(29-2)17(21)13-16/h3-8,13-14H,9-12H2,1-2H3. The number of aromatic nitrogens is 3. The second kappa shape index (κ2) is 8.04. The Morgan fingerprint density at radius 2 is 1.67 bits per heavy atom. The first-order valence-corrected chi connectivity index (χ1v) is 10.9. The molecular weight excluding hydrogens is 409 g/mol. The summed E-state index contributed by atoms with van der Waals surface area (Å²) >= 11 is 0. The number of nitrogens with zero attached hydrogens (tertiary/aromatic N) is 5. The van der Waals surface area contributed by atoms with E-state index in [1.54, 1.807) is 0 Å². The number of hydrogen-bond donors (Lipinski definition) is 0. The van der Waals surface area contributed by atoms with E-state index in [9.17, 15) is 12.8 Å². The van der Waals surface area contributed by atoms with E-state index >= 15 is 0 Å². The van der Waals surface area contributed by atoms with Crippen LogP contribution >= 0.6 is 0 Å². The van der Waals surface area contributed by atoms with Crippen LogP contribution in [0.2, 0.25) is 0 Å². The molecule has 3 aromatic rings. The predicted octanol–water partition coefficient (Wildman–Crippen LogP) is 2.23. The molecule has 0 saturated carbocycles. The summed E-state index contributed by atoms with van der Waals surface area (Å²) in [4.78, 5) is 10.9. The Kier molecular flexibility index (Phi) is 5.44. The van der Waals surface area contributed by atoms with Gasteiger partial charge in [0.15, 0.2) is 11.6 Å². The lowest BCUT2D eigenvalue weighted by Gasteiger charge is -2.34. The molecule has 1 saturated heterocycles. The van der Waals surface area contributed by atoms with Gasteiger partial charge in [-0.3, -0.25) is 0 Å². The summed E-state index contributed by atoms with van der Waals surface area (Å²) in [5.74, 6) is 1.45. The van der Waals surface area contributed by atoms with Gasteiger partial charge in [-0.05, 0) is 37.3 Å². The normalized spacial score (nSPS) is 15.4. The van der Waals surface area contributed by atoms with Crippen molar-refractivity contribution in [1.82, 2.24) is 18.8 Å². The Morgan fingerprint density at radius 3 is 2.30 bits per heavy atom. The molecule has 30 heavy (non-hydrogen) atoms. The third-order valence-electron chi connectivity index (χ3n) is 5.00. The molecule has 1 aliphatic rings. The summed E-state index contributed by atoms with van der Waals surface area (Å²) < 4.78 is 48.0. The molecule has 158 valence electrons. The summed E-state index contributed by atoms with van der Waals surface area (Å²) in [6.45, 7) is 3.32. The Balaban J connectivity index is 1.51. The monoisotopic (exact) mass is 431 g/mol. The molecule has 0 amide bonds. The van der Waals surface area contributed by atoms with Gasteiger partial charge in [0.05, 0.1) is 12.0 Å². The lowest BCUT2D eigenvalue weighted by molar-refractivity contribution is 0.379. The fourth-order valence-electron chi connectivity index (χ4n) is 3.43. The Morgan fingerprint density at radius 1 is 1.00 bits per heavy atom. The van der Waals surface area contributed by atoms with Crippen LogP contribution in [0.15, 0.2) is 53.7 Å². The quantitative estimate of drug-likeness (QED) is 0.616. The highest BCUT2D eigenvalue weighted by Gasteiger charge is 2.30. The van der Waals surface area contributed by atoms with Crippen molar-refractivity contribution in [1.29, 1.82) is 0 Å². The second-order valence-corrected chi connectivity index (χ2v) is 8.85. The van der Waals surface area contributed by atoms with Gasteiger partial charge in [0.25, 0.3) is 0 Å². The largest absolute Gasteiger partial charge is 0.494 e. The van der Waals surface area contributed by atoms with Crippen molar-refractivity contribution in [3.8, 4) is 11.6 Å². The molecule has 1 aliphatic heterocycles. The van der Waals surface area contributed by atoms with Crippen LogP contribution in [-0.2, 0) is 10.0 Å². The van der Waals surface area contributed by atoms with Crippen LogP contribution in [0.1, 0.15) is 5.82 Å². The summed E-state index contributed by atoms with van der Waals surface area (Å²) in [6, 6.07) is 9.41. The van der Waals surface area contributed by atoms with Gasteiger partial charge in [-0.1, -0.05) is 0 Å². The maximum Gasteiger partial charge on any atom is 0.243 e. The average Bonchev–Trinajstić information content (AvgIpc) is 3.28. The summed E-state index contributed by atoms with van der Waals surface area (Å²) in [5.41, 5.74) is 0. The fraction of sp³-hybridized carbons (Fsp3) is 0.300. The van der Waals surface area contributed by atoms with Gasteiger partial charge >= 0.3 is 0 Å². The van der Waals surface area contributed by atoms with E-state index in [2.05, 4.69) is 9.97 Å². The molecule has 1 fully saturated rings. The van der Waals surface area contributed by atoms with Gasteiger partial charge < -0.3 is 14.2 Å². The number of benzene rings is 1. The van der Waals surface area contributed by atoms with E-state index in [4.69, 9.17) is 4.74 Å². The molecule has 8 nitrogen and oxygen atoms in total. The van der Waals surface area contributed by atoms with Crippen LogP contribution < -0.4 is 9.64 Å². The van der Waals surface area contributed by atoms with Crippen molar-refractivity contribution in [2.75, 3.05) is 38.2 Å². The zero-order valence-corrected chi connectivity index (χ0v) is 17.5. The van der Waals surface area contributed by atoms with Crippen LogP contribution in [0.3, 0.4) is 0 Å². The Labute approximate surface area is 174 Å². The molecule has 2 aromatic heterocycles. The Hall–Kier alpha value is -2.98. The maximum absolute atomic E-state index is 14.0. The van der Waals surface area contributed by atoms with Crippen molar-refractivity contribution in [3.63, 3.8) is 0 Å². The van der Waals surface area contributed by atoms with Gasteiger partial charge in [0, 0.05) is 44.6 Å². The number of sulfonamides is 1. The lowest BCUT2D eigenvalue weighted by atomic mass is 10.3.